The van der Waals surface area contributed by atoms with E-state index in [1.165, 1.54) is 25.7 Å². The van der Waals surface area contributed by atoms with Crippen LogP contribution in [-0.4, -0.2) is 13.5 Å². The Labute approximate surface area is 95.9 Å². The molecule has 0 atom stereocenters. The van der Waals surface area contributed by atoms with E-state index in [2.05, 4.69) is 32.5 Å². The molecule has 0 N–H and O–H groups in total. The fourth-order valence-electron chi connectivity index (χ4n) is 1.94. The summed E-state index contributed by atoms with van der Waals surface area (Å²) in [6.45, 7) is 6.55. The molecule has 0 radical (unpaired) electrons. The van der Waals surface area contributed by atoms with Crippen LogP contribution in [-0.2, 0) is 4.65 Å². The lowest BCUT2D eigenvalue weighted by Crippen LogP contribution is -2.35. The van der Waals surface area contributed by atoms with Crippen molar-refractivity contribution in [3.05, 3.63) is 0 Å². The molecule has 0 rings (SSSR count). The van der Waals surface area contributed by atoms with Crippen LogP contribution >= 0.6 is 0 Å². The maximum atomic E-state index is 5.73. The maximum Gasteiger partial charge on any atom is 0.185 e. The van der Waals surface area contributed by atoms with Crippen LogP contribution in [0.25, 0.3) is 0 Å². The minimum absolute atomic E-state index is 0.853. The van der Waals surface area contributed by atoms with E-state index in [0.29, 0.717) is 0 Å². The number of hydrogen-bond donors (Lipinski definition) is 0. The molecule has 2 heteroatoms. The molecule has 0 aromatic rings. The Balaban J connectivity index is 4.44. The Kier molecular flexibility index (Phi) is 8.61. The van der Waals surface area contributed by atoms with Gasteiger partial charge in [0.25, 0.3) is 0 Å². The zero-order valence-electron chi connectivity index (χ0n) is 10.9. The molecule has 0 saturated carbocycles. The van der Waals surface area contributed by atoms with Gasteiger partial charge in [-0.3, -0.25) is 5.82 Å². The van der Waals surface area contributed by atoms with Crippen LogP contribution in [0.15, 0.2) is 0 Å². The van der Waals surface area contributed by atoms with Gasteiger partial charge < -0.3 is 4.65 Å². The van der Waals surface area contributed by atoms with E-state index < -0.39 is 6.35 Å². The normalized spacial score (nSPS) is 10.9. The predicted molar refractivity (Wildman–Crippen MR) is 70.3 cm³/mol. The fourth-order valence-corrected chi connectivity index (χ4v) is 1.94. The second-order valence-electron chi connectivity index (χ2n) is 4.34. The molecular weight excluding hydrogens is 183 g/mol. The molecule has 0 aliphatic rings. The van der Waals surface area contributed by atoms with Crippen molar-refractivity contribution in [1.82, 2.24) is 0 Å². The fraction of sp³-hybridized carbons (Fsp3) is 0.846. The average Bonchev–Trinajstić information content (AvgIpc) is 2.29. The van der Waals surface area contributed by atoms with Crippen molar-refractivity contribution in [2.45, 2.75) is 65.5 Å². The van der Waals surface area contributed by atoms with Gasteiger partial charge in [0.1, 0.15) is 0 Å². The summed E-state index contributed by atoms with van der Waals surface area (Å²) in [7, 11) is 1.83. The van der Waals surface area contributed by atoms with Crippen LogP contribution < -0.4 is 0 Å². The largest absolute Gasteiger partial charge is 0.582 e. The highest BCUT2D eigenvalue weighted by Crippen LogP contribution is 2.21. The van der Waals surface area contributed by atoms with Crippen LogP contribution in [0.4, 0.5) is 0 Å². The molecule has 0 aromatic carbocycles. The smallest absolute Gasteiger partial charge is 0.185 e. The third-order valence-corrected chi connectivity index (χ3v) is 3.04. The van der Waals surface area contributed by atoms with Crippen molar-refractivity contribution in [2.75, 3.05) is 7.11 Å². The third-order valence-electron chi connectivity index (χ3n) is 3.04. The Morgan fingerprint density at radius 2 is 1.53 bits per heavy atom. The molecular formula is C13H26BO-. The van der Waals surface area contributed by atoms with Gasteiger partial charge in [-0.2, -0.15) is 0 Å². The summed E-state index contributed by atoms with van der Waals surface area (Å²) in [5, 5.41) is 0. The first-order valence-electron chi connectivity index (χ1n) is 6.47. The van der Waals surface area contributed by atoms with Crippen molar-refractivity contribution in [2.24, 2.45) is 0 Å². The van der Waals surface area contributed by atoms with Gasteiger partial charge in [0.2, 0.25) is 0 Å². The predicted octanol–water partition coefficient (Wildman–Crippen LogP) is 4.13. The summed E-state index contributed by atoms with van der Waals surface area (Å²) in [6, 6.07) is 0. The molecule has 88 valence electrons. The minimum atomic E-state index is -0.853. The van der Waals surface area contributed by atoms with Crippen LogP contribution in [0.5, 0.6) is 0 Å². The third kappa shape index (κ3) is 5.90. The van der Waals surface area contributed by atoms with Gasteiger partial charge in [-0.1, -0.05) is 46.5 Å². The van der Waals surface area contributed by atoms with Gasteiger partial charge in [0.05, 0.1) is 0 Å². The SMILES string of the molecule is CCC#C[B-](CCCC)(CCCC)OC. The molecule has 0 fully saturated rings. The highest BCUT2D eigenvalue weighted by atomic mass is 16.4. The number of rotatable bonds is 7. The molecule has 1 nitrogen and oxygen atoms in total. The Hall–Kier alpha value is -0.415. The summed E-state index contributed by atoms with van der Waals surface area (Å²) in [6.07, 6.45) is 7.28. The molecule has 0 spiro atoms. The van der Waals surface area contributed by atoms with E-state index in [-0.39, 0.29) is 0 Å². The first-order chi connectivity index (χ1) is 7.24. The highest BCUT2D eigenvalue weighted by molar-refractivity contribution is 6.81. The van der Waals surface area contributed by atoms with E-state index >= 15 is 0 Å². The first-order valence-corrected chi connectivity index (χ1v) is 6.47. The standard InChI is InChI=1S/C13H26BO/c1-5-8-11-14(15-4,12-9-6-2)13-10-7-3/h5-9,11-12H2,1-4H3/q-1. The van der Waals surface area contributed by atoms with Crippen LogP contribution in [0.2, 0.25) is 12.6 Å². The molecule has 0 aliphatic carbocycles. The van der Waals surface area contributed by atoms with Crippen molar-refractivity contribution < 1.29 is 4.65 Å². The summed E-state index contributed by atoms with van der Waals surface area (Å²) in [5.41, 5.74) is 0. The Morgan fingerprint density at radius 3 is 1.87 bits per heavy atom. The molecule has 15 heavy (non-hydrogen) atoms. The second kappa shape index (κ2) is 8.86. The van der Waals surface area contributed by atoms with E-state index in [1.807, 2.05) is 7.11 Å². The van der Waals surface area contributed by atoms with E-state index in [1.54, 1.807) is 0 Å². The minimum Gasteiger partial charge on any atom is -0.582 e. The number of hydrogen-bond acceptors (Lipinski definition) is 1. The van der Waals surface area contributed by atoms with Gasteiger partial charge in [-0.05, 0) is 7.11 Å². The van der Waals surface area contributed by atoms with E-state index in [4.69, 9.17) is 4.65 Å². The van der Waals surface area contributed by atoms with Crippen molar-refractivity contribution in [3.63, 3.8) is 0 Å². The summed E-state index contributed by atoms with van der Waals surface area (Å²) < 4.78 is 5.73. The summed E-state index contributed by atoms with van der Waals surface area (Å²) in [4.78, 5) is 0. The van der Waals surface area contributed by atoms with Crippen LogP contribution in [0, 0.1) is 11.7 Å². The van der Waals surface area contributed by atoms with Gasteiger partial charge >= 0.3 is 0 Å². The molecule has 0 unspecified atom stereocenters. The van der Waals surface area contributed by atoms with Gasteiger partial charge in [0, 0.05) is 6.42 Å². The van der Waals surface area contributed by atoms with Crippen molar-refractivity contribution >= 4 is 6.35 Å². The zero-order valence-corrected chi connectivity index (χ0v) is 10.9. The van der Waals surface area contributed by atoms with Crippen molar-refractivity contribution in [3.8, 4) is 11.7 Å². The zero-order chi connectivity index (χ0) is 11.6. The van der Waals surface area contributed by atoms with Crippen molar-refractivity contribution in [1.29, 1.82) is 0 Å². The van der Waals surface area contributed by atoms with Crippen LogP contribution in [0.3, 0.4) is 0 Å². The molecule has 0 aliphatic heterocycles. The summed E-state index contributed by atoms with van der Waals surface area (Å²) >= 11 is 0. The molecule has 0 aromatic heterocycles. The van der Waals surface area contributed by atoms with E-state index in [9.17, 15) is 0 Å². The second-order valence-corrected chi connectivity index (χ2v) is 4.34. The first kappa shape index (κ1) is 14.6. The van der Waals surface area contributed by atoms with Gasteiger partial charge in [-0.25, -0.2) is 0 Å². The lowest BCUT2D eigenvalue weighted by Gasteiger charge is -2.34. The Bertz CT molecular complexity index is 194. The molecule has 0 bridgehead atoms. The Morgan fingerprint density at radius 1 is 1.00 bits per heavy atom. The van der Waals surface area contributed by atoms with Gasteiger partial charge in [0.15, 0.2) is 6.35 Å². The maximum absolute atomic E-state index is 5.73. The van der Waals surface area contributed by atoms with Gasteiger partial charge in [-0.15, -0.1) is 18.6 Å². The van der Waals surface area contributed by atoms with E-state index in [0.717, 1.165) is 19.1 Å². The lowest BCUT2D eigenvalue weighted by atomic mass is 9.35. The molecule has 0 saturated heterocycles. The highest BCUT2D eigenvalue weighted by Gasteiger charge is 2.20. The summed E-state index contributed by atoms with van der Waals surface area (Å²) in [5.74, 6) is 6.60. The number of unbranched alkanes of at least 4 members (excludes halogenated alkanes) is 2. The average molecular weight is 209 g/mol. The topological polar surface area (TPSA) is 9.23 Å². The molecule has 0 amide bonds. The molecule has 0 heterocycles. The lowest BCUT2D eigenvalue weighted by molar-refractivity contribution is 0.399. The quantitative estimate of drug-likeness (QED) is 0.452. The monoisotopic (exact) mass is 209 g/mol. The van der Waals surface area contributed by atoms with Crippen LogP contribution in [0.1, 0.15) is 52.9 Å².